The molecule has 0 bridgehead atoms. The zero-order chi connectivity index (χ0) is 7.68. The molecule has 0 radical (unpaired) electrons. The van der Waals surface area contributed by atoms with Crippen LogP contribution in [0, 0.1) is 0 Å². The van der Waals surface area contributed by atoms with E-state index >= 15 is 0 Å². The number of aliphatic imine (C=N–C) groups is 1. The van der Waals surface area contributed by atoms with Crippen molar-refractivity contribution in [1.29, 1.82) is 0 Å². The molecule has 2 heterocycles. The second-order valence-corrected chi connectivity index (χ2v) is 2.67. The number of Topliss-reactive ketones (excluding diaryl/α,β-unsaturated/α-hetero) is 1. The highest BCUT2D eigenvalue weighted by Gasteiger charge is 2.26. The number of allylic oxidation sites excluding steroid dienone is 1. The summed E-state index contributed by atoms with van der Waals surface area (Å²) in [5, 5.41) is 0. The Morgan fingerprint density at radius 2 is 2.55 bits per heavy atom. The van der Waals surface area contributed by atoms with Gasteiger partial charge in [-0.05, 0) is 6.08 Å². The summed E-state index contributed by atoms with van der Waals surface area (Å²) in [5.74, 6) is 0.215. The van der Waals surface area contributed by atoms with E-state index in [9.17, 15) is 4.79 Å². The van der Waals surface area contributed by atoms with Gasteiger partial charge in [-0.3, -0.25) is 9.79 Å². The zero-order valence-corrected chi connectivity index (χ0v) is 6.12. The summed E-state index contributed by atoms with van der Waals surface area (Å²) in [6.07, 6.45) is 3.91. The first-order chi connectivity index (χ1) is 5.38. The van der Waals surface area contributed by atoms with Gasteiger partial charge in [-0.2, -0.15) is 0 Å². The molecule has 3 nitrogen and oxygen atoms in total. The average Bonchev–Trinajstić information content (AvgIpc) is 2.06. The largest absolute Gasteiger partial charge is 0.371 e. The van der Waals surface area contributed by atoms with Crippen LogP contribution in [0.25, 0.3) is 0 Å². The van der Waals surface area contributed by atoms with Crippen LogP contribution in [-0.4, -0.2) is 31.3 Å². The lowest BCUT2D eigenvalue weighted by Gasteiger charge is -2.24. The van der Waals surface area contributed by atoms with Crippen LogP contribution in [0.5, 0.6) is 0 Å². The van der Waals surface area contributed by atoms with Crippen molar-refractivity contribution in [3.63, 3.8) is 0 Å². The van der Waals surface area contributed by atoms with Crippen LogP contribution in [0.4, 0.5) is 0 Å². The highest BCUT2D eigenvalue weighted by molar-refractivity contribution is 6.01. The lowest BCUT2D eigenvalue weighted by atomic mass is 9.99. The third-order valence-electron chi connectivity index (χ3n) is 1.95. The number of rotatable bonds is 0. The summed E-state index contributed by atoms with van der Waals surface area (Å²) >= 11 is 0. The first kappa shape index (κ1) is 6.73. The quantitative estimate of drug-likeness (QED) is 0.501. The predicted molar refractivity (Wildman–Crippen MR) is 40.8 cm³/mol. The average molecular weight is 151 g/mol. The van der Waals surface area contributed by atoms with Gasteiger partial charge in [0.2, 0.25) is 0 Å². The summed E-state index contributed by atoms with van der Waals surface area (Å²) in [6.45, 7) is 1.16. The minimum atomic E-state index is -0.0544. The molecular weight excluding hydrogens is 142 g/mol. The van der Waals surface area contributed by atoms with Gasteiger partial charge in [0.25, 0.3) is 0 Å². The van der Waals surface area contributed by atoms with Gasteiger partial charge >= 0.3 is 0 Å². The van der Waals surface area contributed by atoms with Crippen molar-refractivity contribution in [2.45, 2.75) is 12.5 Å². The maximum absolute atomic E-state index is 11.2. The van der Waals surface area contributed by atoms with Gasteiger partial charge in [0, 0.05) is 18.2 Å². The molecule has 0 aromatic carbocycles. The predicted octanol–water partition coefficient (Wildman–Crippen LogP) is 0.355. The third-order valence-corrected chi connectivity index (χ3v) is 1.95. The van der Waals surface area contributed by atoms with Crippen LogP contribution >= 0.6 is 0 Å². The van der Waals surface area contributed by atoms with Crippen LogP contribution < -0.4 is 0 Å². The van der Waals surface area contributed by atoms with E-state index in [1.807, 2.05) is 0 Å². The first-order valence-corrected chi connectivity index (χ1v) is 3.73. The molecule has 1 fully saturated rings. The van der Waals surface area contributed by atoms with Gasteiger partial charge in [0.1, 0.15) is 6.10 Å². The summed E-state index contributed by atoms with van der Waals surface area (Å²) < 4.78 is 5.35. The number of dihydropyridines is 1. The molecule has 0 N–H and O–H groups in total. The smallest absolute Gasteiger partial charge is 0.163 e. The zero-order valence-electron chi connectivity index (χ0n) is 6.12. The second kappa shape index (κ2) is 2.58. The Bertz CT molecular complexity index is 242. The molecule has 0 aromatic rings. The number of nitrogens with zero attached hydrogens (tertiary/aromatic N) is 1. The molecule has 0 aliphatic carbocycles. The topological polar surface area (TPSA) is 38.7 Å². The van der Waals surface area contributed by atoms with E-state index < -0.39 is 0 Å². The summed E-state index contributed by atoms with van der Waals surface area (Å²) in [4.78, 5) is 15.2. The molecule has 1 atom stereocenters. The van der Waals surface area contributed by atoms with Crippen molar-refractivity contribution in [3.05, 3.63) is 11.6 Å². The van der Waals surface area contributed by atoms with Crippen LogP contribution in [0.15, 0.2) is 16.6 Å². The fourth-order valence-electron chi connectivity index (χ4n) is 1.35. The van der Waals surface area contributed by atoms with E-state index in [-0.39, 0.29) is 11.9 Å². The number of ketones is 1. The van der Waals surface area contributed by atoms with Crippen molar-refractivity contribution < 1.29 is 9.53 Å². The van der Waals surface area contributed by atoms with E-state index in [0.29, 0.717) is 19.6 Å². The van der Waals surface area contributed by atoms with Gasteiger partial charge in [0.15, 0.2) is 5.78 Å². The number of hydrogen-bond donors (Lipinski definition) is 0. The van der Waals surface area contributed by atoms with Crippen molar-refractivity contribution in [2.75, 3.05) is 13.2 Å². The number of ether oxygens (including phenoxy) is 1. The lowest BCUT2D eigenvalue weighted by Crippen LogP contribution is -2.32. The summed E-state index contributed by atoms with van der Waals surface area (Å²) in [6, 6.07) is 0. The Balaban J connectivity index is 2.27. The van der Waals surface area contributed by atoms with Gasteiger partial charge in [0.05, 0.1) is 13.2 Å². The standard InChI is InChI=1S/C8H9NO2/c10-7-2-4-11-8-5-9-3-1-6(7)8/h1,3,8H,2,4-5H2. The monoisotopic (exact) mass is 151 g/mol. The lowest BCUT2D eigenvalue weighted by molar-refractivity contribution is -0.121. The van der Waals surface area contributed by atoms with Crippen LogP contribution in [-0.2, 0) is 9.53 Å². The van der Waals surface area contributed by atoms with Crippen LogP contribution in [0.2, 0.25) is 0 Å². The van der Waals surface area contributed by atoms with E-state index in [0.717, 1.165) is 5.57 Å². The minimum absolute atomic E-state index is 0.0544. The van der Waals surface area contributed by atoms with Crippen molar-refractivity contribution in [1.82, 2.24) is 0 Å². The molecule has 58 valence electrons. The van der Waals surface area contributed by atoms with Crippen molar-refractivity contribution in [3.8, 4) is 0 Å². The Morgan fingerprint density at radius 3 is 3.36 bits per heavy atom. The summed E-state index contributed by atoms with van der Waals surface area (Å²) in [7, 11) is 0. The SMILES string of the molecule is O=C1CCOC2CN=CC=C12. The maximum atomic E-state index is 11.2. The van der Waals surface area contributed by atoms with Crippen LogP contribution in [0.3, 0.4) is 0 Å². The molecule has 1 saturated heterocycles. The van der Waals surface area contributed by atoms with Gasteiger partial charge < -0.3 is 4.74 Å². The third kappa shape index (κ3) is 1.12. The Hall–Kier alpha value is -0.960. The fraction of sp³-hybridized carbons (Fsp3) is 0.500. The van der Waals surface area contributed by atoms with E-state index in [2.05, 4.69) is 4.99 Å². The number of carbonyl (C=O) groups is 1. The molecule has 2 aliphatic rings. The van der Waals surface area contributed by atoms with E-state index in [1.165, 1.54) is 0 Å². The molecule has 1 unspecified atom stereocenters. The molecule has 0 aromatic heterocycles. The molecule has 0 spiro atoms. The first-order valence-electron chi connectivity index (χ1n) is 3.73. The fourth-order valence-corrected chi connectivity index (χ4v) is 1.35. The minimum Gasteiger partial charge on any atom is -0.371 e. The number of fused-ring (bicyclic) bond motifs is 1. The Kier molecular flexibility index (Phi) is 1.58. The molecular formula is C8H9NO2. The molecule has 0 amide bonds. The van der Waals surface area contributed by atoms with Gasteiger partial charge in [-0.25, -0.2) is 0 Å². The highest BCUT2D eigenvalue weighted by atomic mass is 16.5. The van der Waals surface area contributed by atoms with E-state index in [1.54, 1.807) is 12.3 Å². The van der Waals surface area contributed by atoms with E-state index in [4.69, 9.17) is 4.74 Å². The number of carbonyl (C=O) groups excluding carboxylic acids is 1. The Morgan fingerprint density at radius 1 is 1.64 bits per heavy atom. The number of hydrogen-bond acceptors (Lipinski definition) is 3. The molecule has 2 aliphatic heterocycles. The Labute approximate surface area is 64.8 Å². The van der Waals surface area contributed by atoms with Crippen LogP contribution in [0.1, 0.15) is 6.42 Å². The maximum Gasteiger partial charge on any atom is 0.163 e. The second-order valence-electron chi connectivity index (χ2n) is 2.67. The molecule has 11 heavy (non-hydrogen) atoms. The molecule has 3 heteroatoms. The normalized spacial score (nSPS) is 29.6. The molecule has 2 rings (SSSR count). The highest BCUT2D eigenvalue weighted by Crippen LogP contribution is 2.18. The molecule has 0 saturated carbocycles. The van der Waals surface area contributed by atoms with Crippen molar-refractivity contribution >= 4 is 12.0 Å². The van der Waals surface area contributed by atoms with Gasteiger partial charge in [-0.15, -0.1) is 0 Å². The summed E-state index contributed by atoms with van der Waals surface area (Å²) in [5.41, 5.74) is 0.797. The van der Waals surface area contributed by atoms with Gasteiger partial charge in [-0.1, -0.05) is 0 Å². The van der Waals surface area contributed by atoms with Crippen molar-refractivity contribution in [2.24, 2.45) is 4.99 Å².